The van der Waals surface area contributed by atoms with E-state index in [9.17, 15) is 17.6 Å². The maximum Gasteiger partial charge on any atom is 0.266 e. The summed E-state index contributed by atoms with van der Waals surface area (Å²) in [6.45, 7) is 2.33. The van der Waals surface area contributed by atoms with E-state index in [-0.39, 0.29) is 5.56 Å². The zero-order valence-electron chi connectivity index (χ0n) is 12.2. The minimum atomic E-state index is -4.19. The number of hydrogen-bond acceptors (Lipinski definition) is 4. The van der Waals surface area contributed by atoms with Gasteiger partial charge in [-0.05, 0) is 43.3 Å². The standard InChI is InChI=1S/C15H15FN2O4S/c1-2-22-12-9-7-11(8-10-12)15(19)17-18-23(20,21)14-6-4-3-5-13(14)16/h3-10,18H,2H2,1H3,(H,17,19). The van der Waals surface area contributed by atoms with Crippen LogP contribution >= 0.6 is 0 Å². The van der Waals surface area contributed by atoms with Crippen LogP contribution in [0.2, 0.25) is 0 Å². The second-order valence-electron chi connectivity index (χ2n) is 4.45. The van der Waals surface area contributed by atoms with Crippen LogP contribution in [-0.2, 0) is 10.0 Å². The first-order chi connectivity index (χ1) is 10.9. The summed E-state index contributed by atoms with van der Waals surface area (Å²) in [7, 11) is -4.19. The number of benzene rings is 2. The molecule has 8 heteroatoms. The highest BCUT2D eigenvalue weighted by molar-refractivity contribution is 7.89. The topological polar surface area (TPSA) is 84.5 Å². The van der Waals surface area contributed by atoms with Gasteiger partial charge in [0.1, 0.15) is 16.5 Å². The van der Waals surface area contributed by atoms with Gasteiger partial charge in [-0.2, -0.15) is 0 Å². The summed E-state index contributed by atoms with van der Waals surface area (Å²) in [4.78, 5) is 13.2. The van der Waals surface area contributed by atoms with Crippen LogP contribution in [0.25, 0.3) is 0 Å². The Bertz CT molecular complexity index is 791. The molecule has 0 saturated carbocycles. The lowest BCUT2D eigenvalue weighted by Gasteiger charge is -2.09. The molecule has 0 radical (unpaired) electrons. The molecule has 23 heavy (non-hydrogen) atoms. The molecule has 2 aromatic rings. The van der Waals surface area contributed by atoms with Gasteiger partial charge in [-0.3, -0.25) is 10.2 Å². The molecule has 0 aromatic heterocycles. The molecule has 1 amide bonds. The molecule has 6 nitrogen and oxygen atoms in total. The Labute approximate surface area is 133 Å². The molecule has 2 N–H and O–H groups in total. The van der Waals surface area contributed by atoms with Gasteiger partial charge in [0.15, 0.2) is 0 Å². The lowest BCUT2D eigenvalue weighted by molar-refractivity contribution is 0.0945. The number of ether oxygens (including phenoxy) is 1. The van der Waals surface area contributed by atoms with Crippen molar-refractivity contribution in [2.75, 3.05) is 6.61 Å². The number of carbonyl (C=O) groups is 1. The van der Waals surface area contributed by atoms with Crippen LogP contribution in [0.3, 0.4) is 0 Å². The van der Waals surface area contributed by atoms with Crippen molar-refractivity contribution in [1.29, 1.82) is 0 Å². The maximum atomic E-state index is 13.5. The Morgan fingerprint density at radius 2 is 1.78 bits per heavy atom. The summed E-state index contributed by atoms with van der Waals surface area (Å²) in [5.41, 5.74) is 2.26. The molecular formula is C15H15FN2O4S. The second-order valence-corrected chi connectivity index (χ2v) is 6.10. The van der Waals surface area contributed by atoms with Crippen molar-refractivity contribution in [2.45, 2.75) is 11.8 Å². The quantitative estimate of drug-likeness (QED) is 0.787. The number of hydrogen-bond donors (Lipinski definition) is 2. The van der Waals surface area contributed by atoms with Gasteiger partial charge in [0.25, 0.3) is 15.9 Å². The minimum absolute atomic E-state index is 0.227. The highest BCUT2D eigenvalue weighted by Gasteiger charge is 2.19. The van der Waals surface area contributed by atoms with Crippen LogP contribution in [0.4, 0.5) is 4.39 Å². The van der Waals surface area contributed by atoms with Gasteiger partial charge in [0.05, 0.1) is 6.61 Å². The number of amides is 1. The van der Waals surface area contributed by atoms with Crippen LogP contribution in [0, 0.1) is 5.82 Å². The molecule has 0 unspecified atom stereocenters. The lowest BCUT2D eigenvalue weighted by atomic mass is 10.2. The molecule has 0 spiro atoms. The number of sulfonamides is 1. The monoisotopic (exact) mass is 338 g/mol. The predicted molar refractivity (Wildman–Crippen MR) is 81.8 cm³/mol. The van der Waals surface area contributed by atoms with Crippen molar-refractivity contribution in [1.82, 2.24) is 10.3 Å². The largest absolute Gasteiger partial charge is 0.494 e. The van der Waals surface area contributed by atoms with Gasteiger partial charge in [-0.25, -0.2) is 12.8 Å². The van der Waals surface area contributed by atoms with E-state index in [1.165, 1.54) is 24.3 Å². The van der Waals surface area contributed by atoms with Gasteiger partial charge in [-0.1, -0.05) is 12.1 Å². The van der Waals surface area contributed by atoms with Crippen LogP contribution < -0.4 is 15.0 Å². The first-order valence-corrected chi connectivity index (χ1v) is 8.22. The molecule has 2 rings (SSSR count). The molecule has 0 aliphatic heterocycles. The molecule has 2 aromatic carbocycles. The fraction of sp³-hybridized carbons (Fsp3) is 0.133. The van der Waals surface area contributed by atoms with E-state index in [2.05, 4.69) is 0 Å². The van der Waals surface area contributed by atoms with Crippen molar-refractivity contribution >= 4 is 15.9 Å². The van der Waals surface area contributed by atoms with Gasteiger partial charge in [0.2, 0.25) is 0 Å². The molecule has 0 aliphatic carbocycles. The fourth-order valence-corrected chi connectivity index (χ4v) is 2.69. The zero-order chi connectivity index (χ0) is 16.9. The van der Waals surface area contributed by atoms with E-state index in [1.807, 2.05) is 17.2 Å². The second kappa shape index (κ2) is 7.21. The van der Waals surface area contributed by atoms with E-state index in [0.717, 1.165) is 12.1 Å². The average Bonchev–Trinajstić information content (AvgIpc) is 2.54. The third-order valence-corrected chi connectivity index (χ3v) is 4.13. The third kappa shape index (κ3) is 4.27. The first kappa shape index (κ1) is 16.9. The lowest BCUT2D eigenvalue weighted by Crippen LogP contribution is -2.41. The smallest absolute Gasteiger partial charge is 0.266 e. The fourth-order valence-electron chi connectivity index (χ4n) is 1.77. The van der Waals surface area contributed by atoms with Crippen molar-refractivity contribution in [3.8, 4) is 5.75 Å². The number of hydrazine groups is 1. The number of rotatable bonds is 6. The molecular weight excluding hydrogens is 323 g/mol. The van der Waals surface area contributed by atoms with Crippen molar-refractivity contribution in [3.63, 3.8) is 0 Å². The number of nitrogens with one attached hydrogen (secondary N) is 2. The molecule has 0 atom stereocenters. The van der Waals surface area contributed by atoms with E-state index >= 15 is 0 Å². The molecule has 122 valence electrons. The molecule has 0 bridgehead atoms. The summed E-state index contributed by atoms with van der Waals surface area (Å²) in [6, 6.07) is 11.0. The third-order valence-electron chi connectivity index (χ3n) is 2.85. The normalized spacial score (nSPS) is 11.0. The van der Waals surface area contributed by atoms with E-state index in [0.29, 0.717) is 12.4 Å². The Morgan fingerprint density at radius 1 is 1.13 bits per heavy atom. The summed E-state index contributed by atoms with van der Waals surface area (Å²) in [6.07, 6.45) is 0. The van der Waals surface area contributed by atoms with Crippen LogP contribution in [0.15, 0.2) is 53.4 Å². The minimum Gasteiger partial charge on any atom is -0.494 e. The van der Waals surface area contributed by atoms with Crippen LogP contribution in [-0.4, -0.2) is 20.9 Å². The van der Waals surface area contributed by atoms with Crippen LogP contribution in [0.1, 0.15) is 17.3 Å². The maximum absolute atomic E-state index is 13.5. The summed E-state index contributed by atoms with van der Waals surface area (Å²) in [5.74, 6) is -0.987. The number of carbonyl (C=O) groups excluding carboxylic acids is 1. The van der Waals surface area contributed by atoms with Gasteiger partial charge < -0.3 is 4.74 Å². The summed E-state index contributed by atoms with van der Waals surface area (Å²) >= 11 is 0. The Kier molecular flexibility index (Phi) is 5.30. The molecule has 0 heterocycles. The molecule has 0 aliphatic rings. The van der Waals surface area contributed by atoms with E-state index in [1.54, 1.807) is 12.1 Å². The summed E-state index contributed by atoms with van der Waals surface area (Å²) < 4.78 is 42.6. The van der Waals surface area contributed by atoms with Gasteiger partial charge >= 0.3 is 0 Å². The Balaban J connectivity index is 2.05. The molecule has 0 fully saturated rings. The highest BCUT2D eigenvalue weighted by atomic mass is 32.2. The molecule has 0 saturated heterocycles. The average molecular weight is 338 g/mol. The first-order valence-electron chi connectivity index (χ1n) is 6.73. The van der Waals surface area contributed by atoms with E-state index < -0.39 is 26.6 Å². The van der Waals surface area contributed by atoms with E-state index in [4.69, 9.17) is 4.74 Å². The zero-order valence-corrected chi connectivity index (χ0v) is 13.1. The van der Waals surface area contributed by atoms with Crippen molar-refractivity contribution in [2.24, 2.45) is 0 Å². The highest BCUT2D eigenvalue weighted by Crippen LogP contribution is 2.13. The predicted octanol–water partition coefficient (Wildman–Crippen LogP) is 1.85. The summed E-state index contributed by atoms with van der Waals surface area (Å²) in [5, 5.41) is 0. The van der Waals surface area contributed by atoms with Gasteiger partial charge in [-0.15, -0.1) is 4.83 Å². The number of halogens is 1. The Hall–Kier alpha value is -2.45. The van der Waals surface area contributed by atoms with Gasteiger partial charge in [0, 0.05) is 5.56 Å². The van der Waals surface area contributed by atoms with Crippen LogP contribution in [0.5, 0.6) is 5.75 Å². The Morgan fingerprint density at radius 3 is 2.39 bits per heavy atom. The van der Waals surface area contributed by atoms with Crippen molar-refractivity contribution in [3.05, 3.63) is 59.9 Å². The van der Waals surface area contributed by atoms with Crippen molar-refractivity contribution < 1.29 is 22.3 Å². The SMILES string of the molecule is CCOc1ccc(C(=O)NNS(=O)(=O)c2ccccc2F)cc1.